The van der Waals surface area contributed by atoms with Crippen molar-refractivity contribution in [1.29, 1.82) is 0 Å². The first kappa shape index (κ1) is 17.0. The Morgan fingerprint density at radius 1 is 1.14 bits per heavy atom. The van der Waals surface area contributed by atoms with Crippen molar-refractivity contribution in [2.24, 2.45) is 0 Å². The molecule has 1 N–H and O–H groups in total. The van der Waals surface area contributed by atoms with Crippen LogP contribution < -0.4 is 5.32 Å². The van der Waals surface area contributed by atoms with Crippen LogP contribution in [0, 0.1) is 0 Å². The van der Waals surface area contributed by atoms with E-state index in [0.29, 0.717) is 16.3 Å². The summed E-state index contributed by atoms with van der Waals surface area (Å²) in [6, 6.07) is 13.5. The van der Waals surface area contributed by atoms with Crippen LogP contribution in [-0.2, 0) is 20.4 Å². The fourth-order valence-electron chi connectivity index (χ4n) is 1.89. The molecule has 0 bridgehead atoms. The van der Waals surface area contributed by atoms with Crippen molar-refractivity contribution >= 4 is 49.0 Å². The molecule has 0 saturated heterocycles. The first-order valence-corrected chi connectivity index (χ1v) is 9.33. The first-order valence-electron chi connectivity index (χ1n) is 6.34. The smallest absolute Gasteiger partial charge is 0.239 e. The molecule has 0 fully saturated rings. The summed E-state index contributed by atoms with van der Waals surface area (Å²) in [6.07, 6.45) is 0. The minimum absolute atomic E-state index is 0.185. The second-order valence-electron chi connectivity index (χ2n) is 4.72. The standard InChI is InChI=1S/C15H13BrClNO3S/c16-12-4-1-3-11(7-12)9-22(20,21)10-15(19)18-14-6-2-5-13(17)8-14/h1-8H,9-10H2,(H,18,19). The van der Waals surface area contributed by atoms with Crippen LogP contribution in [-0.4, -0.2) is 20.1 Å². The molecular weight excluding hydrogens is 390 g/mol. The molecule has 0 aliphatic heterocycles. The van der Waals surface area contributed by atoms with Crippen LogP contribution in [0.25, 0.3) is 0 Å². The number of amides is 1. The fraction of sp³-hybridized carbons (Fsp3) is 0.133. The first-order chi connectivity index (χ1) is 10.3. The Hall–Kier alpha value is -1.37. The van der Waals surface area contributed by atoms with Crippen LogP contribution in [0.4, 0.5) is 5.69 Å². The number of carbonyl (C=O) groups is 1. The molecule has 0 radical (unpaired) electrons. The maximum absolute atomic E-state index is 12.1. The maximum Gasteiger partial charge on any atom is 0.239 e. The van der Waals surface area contributed by atoms with Crippen molar-refractivity contribution in [1.82, 2.24) is 0 Å². The lowest BCUT2D eigenvalue weighted by Gasteiger charge is -2.07. The molecule has 0 atom stereocenters. The average molecular weight is 403 g/mol. The molecule has 4 nitrogen and oxygen atoms in total. The lowest BCUT2D eigenvalue weighted by atomic mass is 10.2. The van der Waals surface area contributed by atoms with E-state index in [-0.39, 0.29) is 5.75 Å². The lowest BCUT2D eigenvalue weighted by molar-refractivity contribution is -0.113. The van der Waals surface area contributed by atoms with Gasteiger partial charge in [0, 0.05) is 15.2 Å². The van der Waals surface area contributed by atoms with Crippen LogP contribution in [0.1, 0.15) is 5.56 Å². The van der Waals surface area contributed by atoms with Gasteiger partial charge in [0.25, 0.3) is 0 Å². The summed E-state index contributed by atoms with van der Waals surface area (Å²) in [6.45, 7) is 0. The van der Waals surface area contributed by atoms with Crippen LogP contribution in [0.2, 0.25) is 5.02 Å². The van der Waals surface area contributed by atoms with E-state index in [4.69, 9.17) is 11.6 Å². The van der Waals surface area contributed by atoms with Gasteiger partial charge in [-0.15, -0.1) is 0 Å². The SMILES string of the molecule is O=C(CS(=O)(=O)Cc1cccc(Br)c1)Nc1cccc(Cl)c1. The highest BCUT2D eigenvalue weighted by atomic mass is 79.9. The summed E-state index contributed by atoms with van der Waals surface area (Å²) in [5.74, 6) is -1.35. The number of halogens is 2. The molecule has 0 heterocycles. The van der Waals surface area contributed by atoms with Crippen molar-refractivity contribution in [2.45, 2.75) is 5.75 Å². The predicted octanol–water partition coefficient (Wildman–Crippen LogP) is 3.66. The Morgan fingerprint density at radius 2 is 1.86 bits per heavy atom. The van der Waals surface area contributed by atoms with E-state index in [1.807, 2.05) is 6.07 Å². The highest BCUT2D eigenvalue weighted by Crippen LogP contribution is 2.16. The Labute approximate surface area is 142 Å². The molecule has 116 valence electrons. The zero-order valence-electron chi connectivity index (χ0n) is 11.4. The molecular formula is C15H13BrClNO3S. The highest BCUT2D eigenvalue weighted by molar-refractivity contribution is 9.10. The Morgan fingerprint density at radius 3 is 2.55 bits per heavy atom. The Bertz CT molecular complexity index is 793. The molecule has 0 aromatic heterocycles. The molecule has 2 rings (SSSR count). The Balaban J connectivity index is 2.00. The van der Waals surface area contributed by atoms with Gasteiger partial charge in [0.1, 0.15) is 5.75 Å². The summed E-state index contributed by atoms with van der Waals surface area (Å²) in [4.78, 5) is 11.9. The summed E-state index contributed by atoms with van der Waals surface area (Å²) in [5, 5.41) is 2.99. The molecule has 2 aromatic carbocycles. The number of benzene rings is 2. The van der Waals surface area contributed by atoms with Crippen LogP contribution in [0.5, 0.6) is 0 Å². The predicted molar refractivity (Wildman–Crippen MR) is 91.7 cm³/mol. The molecule has 0 spiro atoms. The summed E-state index contributed by atoms with van der Waals surface area (Å²) < 4.78 is 24.9. The molecule has 0 aliphatic carbocycles. The number of rotatable bonds is 5. The van der Waals surface area contributed by atoms with Crippen LogP contribution >= 0.6 is 27.5 Å². The molecule has 0 unspecified atom stereocenters. The molecule has 1 amide bonds. The number of hydrogen-bond donors (Lipinski definition) is 1. The number of sulfone groups is 1. The van der Waals surface area contributed by atoms with Crippen molar-refractivity contribution in [3.63, 3.8) is 0 Å². The number of nitrogens with one attached hydrogen (secondary N) is 1. The second-order valence-corrected chi connectivity index (χ2v) is 8.14. The zero-order valence-corrected chi connectivity index (χ0v) is 14.6. The van der Waals surface area contributed by atoms with Crippen molar-refractivity contribution in [3.05, 3.63) is 63.6 Å². The number of carbonyl (C=O) groups excluding carboxylic acids is 1. The van der Waals surface area contributed by atoms with Crippen LogP contribution in [0.15, 0.2) is 53.0 Å². The van der Waals surface area contributed by atoms with Gasteiger partial charge in [0.15, 0.2) is 9.84 Å². The van der Waals surface area contributed by atoms with E-state index in [1.54, 1.807) is 42.5 Å². The van der Waals surface area contributed by atoms with Gasteiger partial charge < -0.3 is 5.32 Å². The quantitative estimate of drug-likeness (QED) is 0.830. The van der Waals surface area contributed by atoms with Gasteiger partial charge in [0.05, 0.1) is 5.75 Å². The molecule has 0 aliphatic rings. The van der Waals surface area contributed by atoms with Gasteiger partial charge in [-0.1, -0.05) is 45.7 Å². The fourth-order valence-corrected chi connectivity index (χ4v) is 3.79. The minimum Gasteiger partial charge on any atom is -0.325 e. The second kappa shape index (κ2) is 7.26. The molecule has 22 heavy (non-hydrogen) atoms. The monoisotopic (exact) mass is 401 g/mol. The van der Waals surface area contributed by atoms with E-state index in [2.05, 4.69) is 21.2 Å². The molecule has 2 aromatic rings. The maximum atomic E-state index is 12.1. The van der Waals surface area contributed by atoms with Crippen molar-refractivity contribution in [3.8, 4) is 0 Å². The third-order valence-electron chi connectivity index (χ3n) is 2.73. The van der Waals surface area contributed by atoms with Gasteiger partial charge in [-0.3, -0.25) is 4.79 Å². The van der Waals surface area contributed by atoms with Gasteiger partial charge in [-0.05, 0) is 35.9 Å². The highest BCUT2D eigenvalue weighted by Gasteiger charge is 2.17. The third kappa shape index (κ3) is 5.44. The Kier molecular flexibility index (Phi) is 5.61. The van der Waals surface area contributed by atoms with Gasteiger partial charge in [-0.25, -0.2) is 8.42 Å². The third-order valence-corrected chi connectivity index (χ3v) is 4.94. The average Bonchev–Trinajstić information content (AvgIpc) is 2.36. The van der Waals surface area contributed by atoms with Gasteiger partial charge >= 0.3 is 0 Å². The van der Waals surface area contributed by atoms with Gasteiger partial charge in [0.2, 0.25) is 5.91 Å². The van der Waals surface area contributed by atoms with E-state index < -0.39 is 21.5 Å². The van der Waals surface area contributed by atoms with Gasteiger partial charge in [-0.2, -0.15) is 0 Å². The van der Waals surface area contributed by atoms with E-state index in [0.717, 1.165) is 4.47 Å². The largest absolute Gasteiger partial charge is 0.325 e. The topological polar surface area (TPSA) is 63.2 Å². The molecule has 0 saturated carbocycles. The molecule has 7 heteroatoms. The summed E-state index contributed by atoms with van der Waals surface area (Å²) >= 11 is 9.09. The van der Waals surface area contributed by atoms with E-state index in [1.165, 1.54) is 0 Å². The normalized spacial score (nSPS) is 11.2. The minimum atomic E-state index is -3.55. The number of anilines is 1. The zero-order chi connectivity index (χ0) is 16.2. The van der Waals surface area contributed by atoms with Crippen LogP contribution in [0.3, 0.4) is 0 Å². The van der Waals surface area contributed by atoms with E-state index in [9.17, 15) is 13.2 Å². The van der Waals surface area contributed by atoms with E-state index >= 15 is 0 Å². The van der Waals surface area contributed by atoms with Crippen molar-refractivity contribution in [2.75, 3.05) is 11.1 Å². The summed E-state index contributed by atoms with van der Waals surface area (Å²) in [5.41, 5.74) is 1.10. The van der Waals surface area contributed by atoms with Crippen molar-refractivity contribution < 1.29 is 13.2 Å². The number of hydrogen-bond acceptors (Lipinski definition) is 3. The lowest BCUT2D eigenvalue weighted by Crippen LogP contribution is -2.23. The summed E-state index contributed by atoms with van der Waals surface area (Å²) in [7, 11) is -3.55.